The van der Waals surface area contributed by atoms with Crippen LogP contribution < -0.4 is 5.32 Å². The van der Waals surface area contributed by atoms with Crippen LogP contribution in [-0.2, 0) is 12.7 Å². The van der Waals surface area contributed by atoms with E-state index in [0.717, 1.165) is 50.3 Å². The summed E-state index contributed by atoms with van der Waals surface area (Å²) in [7, 11) is 0. The molecule has 2 aromatic heterocycles. The van der Waals surface area contributed by atoms with Gasteiger partial charge in [-0.05, 0) is 55.0 Å². The molecule has 1 N–H and O–H groups in total. The Morgan fingerprint density at radius 2 is 1.76 bits per heavy atom. The van der Waals surface area contributed by atoms with Gasteiger partial charge in [0, 0.05) is 37.4 Å². The maximum atomic E-state index is 13.8. The van der Waals surface area contributed by atoms with Crippen molar-refractivity contribution < 1.29 is 17.6 Å². The minimum atomic E-state index is -4.60. The van der Waals surface area contributed by atoms with Gasteiger partial charge in [-0.25, -0.2) is 4.39 Å². The second-order valence-corrected chi connectivity index (χ2v) is 8.85. The van der Waals surface area contributed by atoms with E-state index in [4.69, 9.17) is 0 Å². The molecule has 2 unspecified atom stereocenters. The molecule has 3 aromatic rings. The van der Waals surface area contributed by atoms with Crippen LogP contribution in [0.2, 0.25) is 0 Å². The molecule has 5 rings (SSSR count). The van der Waals surface area contributed by atoms with Crippen LogP contribution >= 0.6 is 0 Å². The van der Waals surface area contributed by atoms with Crippen molar-refractivity contribution in [3.63, 3.8) is 0 Å². The van der Waals surface area contributed by atoms with Gasteiger partial charge in [-0.15, -0.1) is 10.2 Å². The number of hydrogen-bond acceptors (Lipinski definition) is 5. The van der Waals surface area contributed by atoms with Gasteiger partial charge >= 0.3 is 6.18 Å². The van der Waals surface area contributed by atoms with E-state index in [9.17, 15) is 17.6 Å². The maximum absolute atomic E-state index is 13.8. The molecular weight excluding hydrogens is 434 g/mol. The average Bonchev–Trinajstić information content (AvgIpc) is 3.32. The van der Waals surface area contributed by atoms with Gasteiger partial charge in [-0.3, -0.25) is 9.88 Å². The molecule has 1 aliphatic heterocycles. The Morgan fingerprint density at radius 3 is 2.42 bits per heavy atom. The van der Waals surface area contributed by atoms with Crippen molar-refractivity contribution in [2.45, 2.75) is 31.6 Å². The smallest absolute Gasteiger partial charge is 0.365 e. The van der Waals surface area contributed by atoms with Crippen LogP contribution in [0.15, 0.2) is 54.7 Å². The summed E-state index contributed by atoms with van der Waals surface area (Å²) < 4.78 is 54.9. The molecule has 0 amide bonds. The lowest BCUT2D eigenvalue weighted by atomic mass is 10.0. The summed E-state index contributed by atoms with van der Waals surface area (Å²) in [5.41, 5.74) is 0.380. The van der Waals surface area contributed by atoms with Crippen molar-refractivity contribution in [3.05, 3.63) is 71.8 Å². The highest BCUT2D eigenvalue weighted by atomic mass is 19.4. The first kappa shape index (κ1) is 21.8. The Labute approximate surface area is 188 Å². The number of hydrogen-bond donors (Lipinski definition) is 1. The molecule has 5 nitrogen and oxygen atoms in total. The first-order valence-electron chi connectivity index (χ1n) is 10.9. The summed E-state index contributed by atoms with van der Waals surface area (Å²) in [5.74, 6) is 0.0535. The lowest BCUT2D eigenvalue weighted by Gasteiger charge is -2.21. The third kappa shape index (κ3) is 4.83. The highest BCUT2D eigenvalue weighted by molar-refractivity contribution is 5.62. The van der Waals surface area contributed by atoms with E-state index >= 15 is 0 Å². The van der Waals surface area contributed by atoms with Crippen molar-refractivity contribution in [1.82, 2.24) is 20.1 Å². The number of rotatable bonds is 5. The van der Waals surface area contributed by atoms with E-state index < -0.39 is 17.6 Å². The van der Waals surface area contributed by atoms with Crippen molar-refractivity contribution in [2.75, 3.05) is 18.4 Å². The average molecular weight is 457 g/mol. The number of anilines is 1. The van der Waals surface area contributed by atoms with Gasteiger partial charge in [0.15, 0.2) is 5.82 Å². The molecule has 9 heteroatoms. The summed E-state index contributed by atoms with van der Waals surface area (Å²) >= 11 is 0. The lowest BCUT2D eigenvalue weighted by Crippen LogP contribution is -2.26. The predicted molar refractivity (Wildman–Crippen MR) is 116 cm³/mol. The molecule has 0 radical (unpaired) electrons. The molecule has 2 fully saturated rings. The molecule has 1 aliphatic carbocycles. The number of halogens is 4. The zero-order chi connectivity index (χ0) is 23.0. The predicted octanol–water partition coefficient (Wildman–Crippen LogP) is 5.02. The first-order chi connectivity index (χ1) is 15.8. The van der Waals surface area contributed by atoms with Gasteiger partial charge in [-0.1, -0.05) is 18.2 Å². The molecule has 3 heterocycles. The third-order valence-corrected chi connectivity index (χ3v) is 6.50. The normalized spacial score (nSPS) is 23.0. The van der Waals surface area contributed by atoms with E-state index in [-0.39, 0.29) is 23.1 Å². The van der Waals surface area contributed by atoms with Gasteiger partial charge in [0.1, 0.15) is 11.4 Å². The second kappa shape index (κ2) is 8.70. The molecule has 0 bridgehead atoms. The number of nitrogens with one attached hydrogen (secondary N) is 1. The summed E-state index contributed by atoms with van der Waals surface area (Å²) in [6.45, 7) is 2.61. The molecule has 0 spiro atoms. The highest BCUT2D eigenvalue weighted by Crippen LogP contribution is 2.41. The summed E-state index contributed by atoms with van der Waals surface area (Å²) in [4.78, 5) is 6.74. The Balaban J connectivity index is 1.27. The molecular formula is C24H23F4N5. The lowest BCUT2D eigenvalue weighted by molar-refractivity contribution is -0.137. The number of pyridine rings is 1. The zero-order valence-corrected chi connectivity index (χ0v) is 17.8. The number of nitrogens with zero attached hydrogens (tertiary/aromatic N) is 4. The minimum Gasteiger partial charge on any atom is -0.365 e. The Morgan fingerprint density at radius 1 is 0.970 bits per heavy atom. The van der Waals surface area contributed by atoms with Crippen molar-refractivity contribution in [3.8, 4) is 11.3 Å². The van der Waals surface area contributed by atoms with Gasteiger partial charge in [0.05, 0.1) is 11.4 Å². The molecule has 2 aliphatic rings. The van der Waals surface area contributed by atoms with Gasteiger partial charge in [0.25, 0.3) is 0 Å². The van der Waals surface area contributed by atoms with E-state index in [1.165, 1.54) is 18.2 Å². The SMILES string of the molecule is Fc1cccc(-c2cc(C(F)(F)F)c(NC3CC4CN(Cc5ccccn5)CC4C3)nn2)c1. The largest absolute Gasteiger partial charge is 0.420 e. The van der Waals surface area contributed by atoms with Crippen LogP contribution in [0.4, 0.5) is 23.4 Å². The summed E-state index contributed by atoms with van der Waals surface area (Å²) in [6, 6.07) is 12.0. The number of fused-ring (bicyclic) bond motifs is 1. The molecule has 172 valence electrons. The Hall–Kier alpha value is -3.07. The van der Waals surface area contributed by atoms with E-state index in [1.54, 1.807) is 6.20 Å². The molecule has 2 atom stereocenters. The van der Waals surface area contributed by atoms with Gasteiger partial charge in [-0.2, -0.15) is 13.2 Å². The highest BCUT2D eigenvalue weighted by Gasteiger charge is 2.42. The van der Waals surface area contributed by atoms with Crippen molar-refractivity contribution in [1.29, 1.82) is 0 Å². The van der Waals surface area contributed by atoms with E-state index in [2.05, 4.69) is 25.4 Å². The van der Waals surface area contributed by atoms with Crippen LogP contribution in [-0.4, -0.2) is 39.2 Å². The number of aromatic nitrogens is 3. The summed E-state index contributed by atoms with van der Waals surface area (Å²) in [6.07, 6.45) is -1.25. The fraction of sp³-hybridized carbons (Fsp3) is 0.375. The number of likely N-dealkylation sites (tertiary alicyclic amines) is 1. The topological polar surface area (TPSA) is 53.9 Å². The Kier molecular flexibility index (Phi) is 5.74. The first-order valence-corrected chi connectivity index (χ1v) is 10.9. The molecule has 1 saturated carbocycles. The van der Waals surface area contributed by atoms with Gasteiger partial charge < -0.3 is 5.32 Å². The van der Waals surface area contributed by atoms with Crippen molar-refractivity contribution >= 4 is 5.82 Å². The van der Waals surface area contributed by atoms with Crippen LogP contribution in [0, 0.1) is 17.7 Å². The number of benzene rings is 1. The fourth-order valence-electron chi connectivity index (χ4n) is 5.06. The van der Waals surface area contributed by atoms with Crippen LogP contribution in [0.1, 0.15) is 24.1 Å². The monoisotopic (exact) mass is 457 g/mol. The van der Waals surface area contributed by atoms with Crippen LogP contribution in [0.3, 0.4) is 0 Å². The van der Waals surface area contributed by atoms with Gasteiger partial charge in [0.2, 0.25) is 0 Å². The van der Waals surface area contributed by atoms with Crippen LogP contribution in [0.25, 0.3) is 11.3 Å². The Bertz CT molecular complexity index is 1110. The van der Waals surface area contributed by atoms with Crippen molar-refractivity contribution in [2.24, 2.45) is 11.8 Å². The standard InChI is InChI=1S/C24H23F4N5/c25-18-5-3-4-15(8-18)22-11-21(24(26,27)28)23(32-31-22)30-20-9-16-12-33(13-17(16)10-20)14-19-6-1-2-7-29-19/h1-8,11,16-17,20H,9-10,12-14H2,(H,30,32). The number of alkyl halides is 3. The fourth-order valence-corrected chi connectivity index (χ4v) is 5.06. The van der Waals surface area contributed by atoms with Crippen LogP contribution in [0.5, 0.6) is 0 Å². The molecule has 1 aromatic carbocycles. The molecule has 1 saturated heterocycles. The van der Waals surface area contributed by atoms with E-state index in [0.29, 0.717) is 11.8 Å². The zero-order valence-electron chi connectivity index (χ0n) is 17.8. The third-order valence-electron chi connectivity index (χ3n) is 6.50. The minimum absolute atomic E-state index is 0.0131. The quantitative estimate of drug-likeness (QED) is 0.546. The maximum Gasteiger partial charge on any atom is 0.420 e. The summed E-state index contributed by atoms with van der Waals surface area (Å²) in [5, 5.41) is 10.8. The second-order valence-electron chi connectivity index (χ2n) is 8.85. The molecule has 33 heavy (non-hydrogen) atoms. The van der Waals surface area contributed by atoms with E-state index in [1.807, 2.05) is 18.2 Å².